The minimum absolute atomic E-state index is 0.0695. The number of nitrogens with zero attached hydrogens (tertiary/aromatic N) is 4. The van der Waals surface area contributed by atoms with Gasteiger partial charge in [0.25, 0.3) is 5.56 Å². The van der Waals surface area contributed by atoms with E-state index in [0.29, 0.717) is 27.5 Å². The second kappa shape index (κ2) is 9.67. The second-order valence-electron chi connectivity index (χ2n) is 8.15. The maximum Gasteiger partial charge on any atom is 0.325 e. The Morgan fingerprint density at radius 2 is 1.67 bits per heavy atom. The van der Waals surface area contributed by atoms with Gasteiger partial charge in [-0.25, -0.2) is 9.36 Å². The van der Waals surface area contributed by atoms with E-state index in [9.17, 15) is 14.4 Å². The zero-order valence-electron chi connectivity index (χ0n) is 19.6. The van der Waals surface area contributed by atoms with Crippen molar-refractivity contribution < 1.29 is 9.59 Å². The Balaban J connectivity index is 1.48. The molecule has 2 N–H and O–H groups in total. The number of fused-ring (bicyclic) bond motifs is 3. The summed E-state index contributed by atoms with van der Waals surface area (Å²) in [6.07, 6.45) is 0. The van der Waals surface area contributed by atoms with Crippen molar-refractivity contribution in [3.05, 3.63) is 94.3 Å². The fourth-order valence-electron chi connectivity index (χ4n) is 3.94. The first-order valence-corrected chi connectivity index (χ1v) is 12.2. The van der Waals surface area contributed by atoms with Crippen molar-refractivity contribution in [2.75, 3.05) is 11.1 Å². The van der Waals surface area contributed by atoms with E-state index < -0.39 is 11.9 Å². The van der Waals surface area contributed by atoms with Crippen LogP contribution in [0.1, 0.15) is 11.1 Å². The zero-order chi connectivity index (χ0) is 25.2. The van der Waals surface area contributed by atoms with Crippen molar-refractivity contribution in [3.8, 4) is 5.69 Å². The molecule has 5 rings (SSSR count). The number of aromatic nitrogens is 4. The van der Waals surface area contributed by atoms with E-state index in [2.05, 4.69) is 20.8 Å². The number of hydrogen-bond donors (Lipinski definition) is 2. The average molecular weight is 499 g/mol. The number of amides is 3. The number of rotatable bonds is 5. The van der Waals surface area contributed by atoms with E-state index in [1.165, 1.54) is 0 Å². The molecule has 5 aromatic rings. The number of thioether (sulfide) groups is 1. The molecule has 2 aromatic heterocycles. The molecule has 10 heteroatoms. The number of aryl methyl sites for hydroxylation is 1. The molecule has 0 spiro atoms. The Labute approximate surface area is 210 Å². The lowest BCUT2D eigenvalue weighted by molar-refractivity contribution is -0.117. The molecule has 180 valence electrons. The summed E-state index contributed by atoms with van der Waals surface area (Å²) in [6.45, 7) is 3.94. The fourth-order valence-corrected chi connectivity index (χ4v) is 4.68. The number of imide groups is 1. The number of anilines is 1. The van der Waals surface area contributed by atoms with E-state index in [4.69, 9.17) is 0 Å². The van der Waals surface area contributed by atoms with Crippen molar-refractivity contribution in [1.29, 1.82) is 0 Å². The summed E-state index contributed by atoms with van der Waals surface area (Å²) in [4.78, 5) is 38.1. The number of carbonyl (C=O) groups is 2. The fraction of sp³-hybridized carbons (Fsp3) is 0.115. The van der Waals surface area contributed by atoms with Crippen LogP contribution >= 0.6 is 11.8 Å². The van der Waals surface area contributed by atoms with Gasteiger partial charge in [-0.15, -0.1) is 10.2 Å². The van der Waals surface area contributed by atoms with Crippen molar-refractivity contribution in [3.63, 3.8) is 0 Å². The van der Waals surface area contributed by atoms with Gasteiger partial charge in [0.15, 0.2) is 5.16 Å². The first-order valence-electron chi connectivity index (χ1n) is 11.2. The third-order valence-corrected chi connectivity index (χ3v) is 6.76. The first-order chi connectivity index (χ1) is 17.4. The molecule has 0 atom stereocenters. The SMILES string of the molecule is Cc1cccc(-n2c(=O)c3ccccc3n3c(SCC(=O)NC(=O)Nc4ccccc4)nnc23)c1C. The highest BCUT2D eigenvalue weighted by Gasteiger charge is 2.20. The molecule has 9 nitrogen and oxygen atoms in total. The Kier molecular flexibility index (Phi) is 6.26. The molecular weight excluding hydrogens is 476 g/mol. The van der Waals surface area contributed by atoms with Gasteiger partial charge >= 0.3 is 6.03 Å². The van der Waals surface area contributed by atoms with Crippen LogP contribution in [-0.4, -0.2) is 36.9 Å². The summed E-state index contributed by atoms with van der Waals surface area (Å²) in [7, 11) is 0. The molecular formula is C26H22N6O3S. The maximum absolute atomic E-state index is 13.5. The molecule has 36 heavy (non-hydrogen) atoms. The minimum Gasteiger partial charge on any atom is -0.308 e. The lowest BCUT2D eigenvalue weighted by Gasteiger charge is -2.14. The third kappa shape index (κ3) is 4.34. The van der Waals surface area contributed by atoms with Crippen LogP contribution in [0.2, 0.25) is 0 Å². The normalized spacial score (nSPS) is 11.1. The monoisotopic (exact) mass is 498 g/mol. The summed E-state index contributed by atoms with van der Waals surface area (Å²) < 4.78 is 3.32. The molecule has 0 saturated heterocycles. The van der Waals surface area contributed by atoms with Crippen LogP contribution < -0.4 is 16.2 Å². The lowest BCUT2D eigenvalue weighted by atomic mass is 10.1. The Hall–Kier alpha value is -4.44. The summed E-state index contributed by atoms with van der Waals surface area (Å²) in [5.41, 5.74) is 3.73. The van der Waals surface area contributed by atoms with Gasteiger partial charge in [0.1, 0.15) is 0 Å². The van der Waals surface area contributed by atoms with Gasteiger partial charge < -0.3 is 5.32 Å². The van der Waals surface area contributed by atoms with Crippen LogP contribution in [0.25, 0.3) is 22.4 Å². The number of nitrogens with one attached hydrogen (secondary N) is 2. The highest BCUT2D eigenvalue weighted by Crippen LogP contribution is 2.25. The number of urea groups is 1. The smallest absolute Gasteiger partial charge is 0.308 e. The molecule has 3 amide bonds. The number of para-hydroxylation sites is 2. The predicted molar refractivity (Wildman–Crippen MR) is 140 cm³/mol. The number of benzene rings is 3. The standard InChI is InChI=1S/C26H22N6O3S/c1-16-9-8-14-20(17(16)2)31-23(34)19-12-6-7-13-21(19)32-25(31)29-30-26(32)36-15-22(33)28-24(35)27-18-10-4-3-5-11-18/h3-14H,15H2,1-2H3,(H2,27,28,33,35). The Bertz CT molecular complexity index is 1680. The third-order valence-electron chi connectivity index (χ3n) is 5.83. The molecule has 0 radical (unpaired) electrons. The van der Waals surface area contributed by atoms with Crippen LogP contribution in [0.3, 0.4) is 0 Å². The van der Waals surface area contributed by atoms with Gasteiger partial charge in [0, 0.05) is 5.69 Å². The first kappa shape index (κ1) is 23.3. The van der Waals surface area contributed by atoms with Crippen LogP contribution in [0.15, 0.2) is 82.7 Å². The molecule has 0 unspecified atom stereocenters. The largest absolute Gasteiger partial charge is 0.325 e. The molecule has 2 heterocycles. The molecule has 0 aliphatic rings. The van der Waals surface area contributed by atoms with Gasteiger partial charge in [0.05, 0.1) is 22.3 Å². The summed E-state index contributed by atoms with van der Waals surface area (Å²) in [5, 5.41) is 14.4. The van der Waals surface area contributed by atoms with Crippen molar-refractivity contribution in [2.24, 2.45) is 0 Å². The van der Waals surface area contributed by atoms with Gasteiger partial charge in [-0.1, -0.05) is 54.2 Å². The van der Waals surface area contributed by atoms with E-state index in [1.807, 2.05) is 50.2 Å². The number of hydrogen-bond acceptors (Lipinski definition) is 6. The van der Waals surface area contributed by atoms with E-state index in [1.54, 1.807) is 45.4 Å². The molecule has 0 bridgehead atoms. The van der Waals surface area contributed by atoms with Gasteiger partial charge in [-0.05, 0) is 55.3 Å². The van der Waals surface area contributed by atoms with E-state index in [0.717, 1.165) is 28.6 Å². The van der Waals surface area contributed by atoms with Crippen LogP contribution in [0, 0.1) is 13.8 Å². The number of carbonyl (C=O) groups excluding carboxylic acids is 2. The van der Waals surface area contributed by atoms with Crippen molar-refractivity contribution in [2.45, 2.75) is 19.0 Å². The Morgan fingerprint density at radius 1 is 0.917 bits per heavy atom. The van der Waals surface area contributed by atoms with Gasteiger partial charge in [0.2, 0.25) is 11.7 Å². The molecule has 0 aliphatic carbocycles. The highest BCUT2D eigenvalue weighted by atomic mass is 32.2. The summed E-state index contributed by atoms with van der Waals surface area (Å²) in [6, 6.07) is 21.2. The topological polar surface area (TPSA) is 110 Å². The van der Waals surface area contributed by atoms with E-state index in [-0.39, 0.29) is 11.3 Å². The van der Waals surface area contributed by atoms with Crippen molar-refractivity contribution >= 4 is 46.1 Å². The molecule has 0 saturated carbocycles. The quantitative estimate of drug-likeness (QED) is 0.353. The van der Waals surface area contributed by atoms with E-state index >= 15 is 0 Å². The molecule has 0 aliphatic heterocycles. The lowest BCUT2D eigenvalue weighted by Crippen LogP contribution is -2.35. The van der Waals surface area contributed by atoms with Crippen LogP contribution in [0.5, 0.6) is 0 Å². The second-order valence-corrected chi connectivity index (χ2v) is 9.09. The minimum atomic E-state index is -0.618. The van der Waals surface area contributed by atoms with Crippen LogP contribution in [0.4, 0.5) is 10.5 Å². The molecule has 3 aromatic carbocycles. The Morgan fingerprint density at radius 3 is 2.47 bits per heavy atom. The molecule has 0 fully saturated rings. The van der Waals surface area contributed by atoms with Crippen molar-refractivity contribution in [1.82, 2.24) is 24.5 Å². The van der Waals surface area contributed by atoms with Crippen LogP contribution in [-0.2, 0) is 4.79 Å². The highest BCUT2D eigenvalue weighted by molar-refractivity contribution is 7.99. The summed E-state index contributed by atoms with van der Waals surface area (Å²) >= 11 is 1.13. The zero-order valence-corrected chi connectivity index (χ0v) is 20.4. The summed E-state index contributed by atoms with van der Waals surface area (Å²) in [5.74, 6) is -0.214. The average Bonchev–Trinajstić information content (AvgIpc) is 3.30. The van der Waals surface area contributed by atoms with Gasteiger partial charge in [-0.2, -0.15) is 0 Å². The maximum atomic E-state index is 13.5. The predicted octanol–water partition coefficient (Wildman–Crippen LogP) is 4.09. The van der Waals surface area contributed by atoms with Gasteiger partial charge in [-0.3, -0.25) is 19.3 Å².